The molecule has 2 N–H and O–H groups in total. The summed E-state index contributed by atoms with van der Waals surface area (Å²) in [6.45, 7) is 9.51. The van der Waals surface area contributed by atoms with Crippen molar-refractivity contribution in [1.82, 2.24) is 0 Å². The second-order valence-corrected chi connectivity index (χ2v) is 5.26. The molecule has 1 aromatic carbocycles. The Labute approximate surface area is 136 Å². The fourth-order valence-electron chi connectivity index (χ4n) is 1.75. The number of amides is 2. The van der Waals surface area contributed by atoms with E-state index in [0.717, 1.165) is 12.1 Å². The van der Waals surface area contributed by atoms with E-state index in [1.807, 2.05) is 34.6 Å². The van der Waals surface area contributed by atoms with E-state index in [-0.39, 0.29) is 41.9 Å². The summed E-state index contributed by atoms with van der Waals surface area (Å²) in [5.74, 6) is -2.23. The van der Waals surface area contributed by atoms with Crippen molar-refractivity contribution in [2.24, 2.45) is 5.92 Å². The zero-order valence-electron chi connectivity index (χ0n) is 14.4. The predicted octanol–water partition coefficient (Wildman–Crippen LogP) is 4.71. The number of hydrogen-bond acceptors (Lipinski definition) is 2. The van der Waals surface area contributed by atoms with Crippen LogP contribution in [0, 0.1) is 17.6 Å². The van der Waals surface area contributed by atoms with Crippen LogP contribution in [-0.2, 0) is 9.59 Å². The molecular formula is C17H26F2N2O2. The van der Waals surface area contributed by atoms with Gasteiger partial charge in [-0.05, 0) is 12.3 Å². The Morgan fingerprint density at radius 3 is 1.83 bits per heavy atom. The van der Waals surface area contributed by atoms with Crippen molar-refractivity contribution in [2.75, 3.05) is 10.6 Å². The average Bonchev–Trinajstić information content (AvgIpc) is 2.45. The second-order valence-electron chi connectivity index (χ2n) is 5.26. The van der Waals surface area contributed by atoms with Crippen LogP contribution in [0.2, 0.25) is 0 Å². The lowest BCUT2D eigenvalue weighted by Crippen LogP contribution is -2.16. The summed E-state index contributed by atoms with van der Waals surface area (Å²) in [7, 11) is 0. The maximum atomic E-state index is 13.8. The third kappa shape index (κ3) is 7.72. The highest BCUT2D eigenvalue weighted by atomic mass is 19.1. The Kier molecular flexibility index (Phi) is 9.78. The summed E-state index contributed by atoms with van der Waals surface area (Å²) < 4.78 is 27.6. The van der Waals surface area contributed by atoms with Crippen molar-refractivity contribution in [3.05, 3.63) is 23.8 Å². The number of carbonyl (C=O) groups is 2. The molecule has 0 fully saturated rings. The molecule has 2 amide bonds. The van der Waals surface area contributed by atoms with E-state index in [4.69, 9.17) is 0 Å². The highest BCUT2D eigenvalue weighted by Gasteiger charge is 2.14. The lowest BCUT2D eigenvalue weighted by Gasteiger charge is -2.11. The summed E-state index contributed by atoms with van der Waals surface area (Å²) in [5, 5.41) is 4.62. The highest BCUT2D eigenvalue weighted by molar-refractivity contribution is 5.93. The molecule has 0 aliphatic carbocycles. The summed E-state index contributed by atoms with van der Waals surface area (Å²) in [5.41, 5.74) is -0.459. The zero-order valence-corrected chi connectivity index (χ0v) is 14.4. The van der Waals surface area contributed by atoms with Crippen LogP contribution in [-0.4, -0.2) is 11.8 Å². The maximum absolute atomic E-state index is 13.8. The second kappa shape index (κ2) is 10.7. The molecule has 0 radical (unpaired) electrons. The van der Waals surface area contributed by atoms with Gasteiger partial charge in [0.05, 0.1) is 11.4 Å². The molecular weight excluding hydrogens is 302 g/mol. The van der Waals surface area contributed by atoms with Crippen LogP contribution in [0.1, 0.15) is 53.9 Å². The number of anilines is 2. The Morgan fingerprint density at radius 1 is 1.00 bits per heavy atom. The molecule has 23 heavy (non-hydrogen) atoms. The molecule has 0 saturated carbocycles. The van der Waals surface area contributed by atoms with Crippen molar-refractivity contribution in [2.45, 2.75) is 53.9 Å². The summed E-state index contributed by atoms with van der Waals surface area (Å²) in [6, 6.07) is 1.74. The molecule has 1 aromatic rings. The van der Waals surface area contributed by atoms with Crippen LogP contribution in [0.3, 0.4) is 0 Å². The third-order valence-corrected chi connectivity index (χ3v) is 2.68. The number of benzene rings is 1. The topological polar surface area (TPSA) is 58.2 Å². The first-order chi connectivity index (χ1) is 10.8. The Balaban J connectivity index is 0.00000232. The predicted molar refractivity (Wildman–Crippen MR) is 89.3 cm³/mol. The molecule has 0 saturated heterocycles. The first-order valence-electron chi connectivity index (χ1n) is 7.92. The number of nitrogens with one attached hydrogen (secondary N) is 2. The molecule has 0 heterocycles. The van der Waals surface area contributed by atoms with Gasteiger partial charge < -0.3 is 10.6 Å². The number of rotatable bonds is 6. The molecule has 0 aliphatic heterocycles. The minimum Gasteiger partial charge on any atom is -0.324 e. The van der Waals surface area contributed by atoms with Crippen LogP contribution >= 0.6 is 0 Å². The van der Waals surface area contributed by atoms with Gasteiger partial charge in [0.25, 0.3) is 0 Å². The van der Waals surface area contributed by atoms with E-state index in [1.54, 1.807) is 0 Å². The summed E-state index contributed by atoms with van der Waals surface area (Å²) in [6.07, 6.45) is 1.06. The molecule has 0 atom stereocenters. The van der Waals surface area contributed by atoms with Gasteiger partial charge in [-0.3, -0.25) is 9.59 Å². The van der Waals surface area contributed by atoms with Crippen molar-refractivity contribution >= 4 is 23.2 Å². The Bertz CT molecular complexity index is 532. The molecule has 0 bridgehead atoms. The Morgan fingerprint density at radius 2 is 1.43 bits per heavy atom. The lowest BCUT2D eigenvalue weighted by atomic mass is 10.1. The monoisotopic (exact) mass is 328 g/mol. The molecule has 0 unspecified atom stereocenters. The minimum absolute atomic E-state index is 0.116. The lowest BCUT2D eigenvalue weighted by molar-refractivity contribution is -0.117. The van der Waals surface area contributed by atoms with E-state index in [2.05, 4.69) is 10.6 Å². The Hall–Kier alpha value is -1.98. The largest absolute Gasteiger partial charge is 0.324 e. The first-order valence-corrected chi connectivity index (χ1v) is 7.92. The SMILES string of the molecule is CC.CCCC(=O)Nc1cc(F)c(NC(=O)CC(C)C)cc1F. The van der Waals surface area contributed by atoms with Crippen LogP contribution < -0.4 is 10.6 Å². The summed E-state index contributed by atoms with van der Waals surface area (Å²) in [4.78, 5) is 23.0. The number of hydrogen-bond donors (Lipinski definition) is 2. The van der Waals surface area contributed by atoms with Crippen LogP contribution in [0.15, 0.2) is 12.1 Å². The van der Waals surface area contributed by atoms with Gasteiger partial charge in [-0.2, -0.15) is 0 Å². The van der Waals surface area contributed by atoms with Crippen molar-refractivity contribution in [1.29, 1.82) is 0 Å². The minimum atomic E-state index is -0.791. The van der Waals surface area contributed by atoms with E-state index in [9.17, 15) is 18.4 Å². The van der Waals surface area contributed by atoms with Gasteiger partial charge in [-0.15, -0.1) is 0 Å². The molecule has 130 valence electrons. The smallest absolute Gasteiger partial charge is 0.224 e. The third-order valence-electron chi connectivity index (χ3n) is 2.68. The molecule has 0 spiro atoms. The number of carbonyl (C=O) groups excluding carboxylic acids is 2. The maximum Gasteiger partial charge on any atom is 0.224 e. The van der Waals surface area contributed by atoms with Gasteiger partial charge in [0.15, 0.2) is 0 Å². The van der Waals surface area contributed by atoms with Crippen molar-refractivity contribution in [3.63, 3.8) is 0 Å². The van der Waals surface area contributed by atoms with E-state index < -0.39 is 11.6 Å². The molecule has 1 rings (SSSR count). The van der Waals surface area contributed by atoms with Gasteiger partial charge in [0.1, 0.15) is 11.6 Å². The van der Waals surface area contributed by atoms with Crippen LogP contribution in [0.25, 0.3) is 0 Å². The van der Waals surface area contributed by atoms with Gasteiger partial charge in [0.2, 0.25) is 11.8 Å². The summed E-state index contributed by atoms with van der Waals surface area (Å²) >= 11 is 0. The zero-order chi connectivity index (χ0) is 18.0. The van der Waals surface area contributed by atoms with Gasteiger partial charge >= 0.3 is 0 Å². The normalized spacial score (nSPS) is 9.91. The fourth-order valence-corrected chi connectivity index (χ4v) is 1.75. The van der Waals surface area contributed by atoms with E-state index >= 15 is 0 Å². The van der Waals surface area contributed by atoms with Crippen molar-refractivity contribution in [3.8, 4) is 0 Å². The van der Waals surface area contributed by atoms with Crippen LogP contribution in [0.4, 0.5) is 20.2 Å². The van der Waals surface area contributed by atoms with E-state index in [0.29, 0.717) is 6.42 Å². The standard InChI is InChI=1S/C15H20F2N2O2.C2H6/c1-4-5-14(20)18-12-7-11(17)13(8-10(12)16)19-15(21)6-9(2)3;1-2/h7-9H,4-6H2,1-3H3,(H,18,20)(H,19,21);1-2H3. The molecule has 6 heteroatoms. The number of halogens is 2. The first kappa shape index (κ1) is 21.0. The van der Waals surface area contributed by atoms with Gasteiger partial charge in [-0.1, -0.05) is 34.6 Å². The van der Waals surface area contributed by atoms with Crippen molar-refractivity contribution < 1.29 is 18.4 Å². The fraction of sp³-hybridized carbons (Fsp3) is 0.529. The molecule has 0 aromatic heterocycles. The van der Waals surface area contributed by atoms with Gasteiger partial charge in [-0.25, -0.2) is 8.78 Å². The average molecular weight is 328 g/mol. The molecule has 0 aliphatic rings. The van der Waals surface area contributed by atoms with Gasteiger partial charge in [0, 0.05) is 25.0 Å². The van der Waals surface area contributed by atoms with Crippen LogP contribution in [0.5, 0.6) is 0 Å². The highest BCUT2D eigenvalue weighted by Crippen LogP contribution is 2.23. The quantitative estimate of drug-likeness (QED) is 0.794. The van der Waals surface area contributed by atoms with E-state index in [1.165, 1.54) is 0 Å². The molecule has 4 nitrogen and oxygen atoms in total.